The van der Waals surface area contributed by atoms with Gasteiger partial charge < -0.3 is 14.7 Å². The number of benzene rings is 1. The van der Waals surface area contributed by atoms with Gasteiger partial charge in [0.05, 0.1) is 16.9 Å². The summed E-state index contributed by atoms with van der Waals surface area (Å²) < 4.78 is 14.7. The zero-order chi connectivity index (χ0) is 21.3. The highest BCUT2D eigenvalue weighted by atomic mass is 35.5. The van der Waals surface area contributed by atoms with E-state index in [1.165, 1.54) is 23.2 Å². The van der Waals surface area contributed by atoms with E-state index in [0.717, 1.165) is 25.9 Å². The molecule has 0 aliphatic carbocycles. The van der Waals surface area contributed by atoms with Crippen LogP contribution in [0.2, 0.25) is 5.15 Å². The SMILES string of the molecule is Cc1nn(-c2ccc(F)cc2)c(Cl)c1C(=O)N1CCN(C(=O)N2CCCCC2)CC1. The van der Waals surface area contributed by atoms with Gasteiger partial charge >= 0.3 is 6.03 Å². The van der Waals surface area contributed by atoms with Gasteiger partial charge in [0.15, 0.2) is 0 Å². The second kappa shape index (κ2) is 8.63. The zero-order valence-corrected chi connectivity index (χ0v) is 17.7. The van der Waals surface area contributed by atoms with Gasteiger partial charge in [0, 0.05) is 39.3 Å². The number of amides is 3. The molecule has 1 aromatic carbocycles. The van der Waals surface area contributed by atoms with Gasteiger partial charge in [-0.15, -0.1) is 0 Å². The molecule has 3 heterocycles. The molecule has 2 aromatic rings. The van der Waals surface area contributed by atoms with Crippen LogP contribution in [0.4, 0.5) is 9.18 Å². The predicted octanol–water partition coefficient (Wildman–Crippen LogP) is 3.34. The standard InChI is InChI=1S/C21H25ClFN5O2/c1-15-18(19(22)28(24-15)17-7-5-16(23)6-8-17)20(29)25-11-13-27(14-12-25)21(30)26-9-3-2-4-10-26/h5-8H,2-4,9-14H2,1H3. The number of halogens is 2. The fourth-order valence-electron chi connectivity index (χ4n) is 4.04. The number of aryl methyl sites for hydroxylation is 1. The lowest BCUT2D eigenvalue weighted by molar-refractivity contribution is 0.0632. The minimum atomic E-state index is -0.355. The van der Waals surface area contributed by atoms with Crippen molar-refractivity contribution in [3.05, 3.63) is 46.5 Å². The number of urea groups is 1. The maximum atomic E-state index is 13.2. The summed E-state index contributed by atoms with van der Waals surface area (Å²) in [5.41, 5.74) is 1.44. The van der Waals surface area contributed by atoms with Gasteiger partial charge in [0.25, 0.3) is 5.91 Å². The van der Waals surface area contributed by atoms with Crippen molar-refractivity contribution in [1.29, 1.82) is 0 Å². The fourth-order valence-corrected chi connectivity index (χ4v) is 4.39. The summed E-state index contributed by atoms with van der Waals surface area (Å²) in [5.74, 6) is -0.553. The number of hydrogen-bond acceptors (Lipinski definition) is 3. The second-order valence-corrected chi connectivity index (χ2v) is 8.11. The lowest BCUT2D eigenvalue weighted by Crippen LogP contribution is -2.54. The van der Waals surface area contributed by atoms with E-state index in [0.29, 0.717) is 43.1 Å². The van der Waals surface area contributed by atoms with Crippen LogP contribution in [-0.4, -0.2) is 75.7 Å². The fraction of sp³-hybridized carbons (Fsp3) is 0.476. The summed E-state index contributed by atoms with van der Waals surface area (Å²) in [6.45, 7) is 5.28. The van der Waals surface area contributed by atoms with Gasteiger partial charge in [-0.3, -0.25) is 4.79 Å². The van der Waals surface area contributed by atoms with Crippen LogP contribution in [0.1, 0.15) is 35.3 Å². The molecule has 2 aliphatic heterocycles. The van der Waals surface area contributed by atoms with Crippen LogP contribution in [0.25, 0.3) is 5.69 Å². The van der Waals surface area contributed by atoms with Gasteiger partial charge in [0.2, 0.25) is 0 Å². The Bertz CT molecular complexity index is 932. The van der Waals surface area contributed by atoms with E-state index in [1.807, 2.05) is 9.80 Å². The number of likely N-dealkylation sites (tertiary alicyclic amines) is 1. The summed E-state index contributed by atoms with van der Waals surface area (Å²) in [7, 11) is 0. The first-order valence-electron chi connectivity index (χ1n) is 10.3. The maximum absolute atomic E-state index is 13.2. The Morgan fingerprint density at radius 3 is 2.10 bits per heavy atom. The number of piperazine rings is 1. The number of carbonyl (C=O) groups excluding carboxylic acids is 2. The number of nitrogens with zero attached hydrogens (tertiary/aromatic N) is 5. The molecule has 2 saturated heterocycles. The molecule has 4 rings (SSSR count). The Morgan fingerprint density at radius 1 is 0.900 bits per heavy atom. The molecule has 0 bridgehead atoms. The van der Waals surface area contributed by atoms with Crippen molar-refractivity contribution in [2.24, 2.45) is 0 Å². The van der Waals surface area contributed by atoms with E-state index in [4.69, 9.17) is 11.6 Å². The average molecular weight is 434 g/mol. The van der Waals surface area contributed by atoms with Crippen LogP contribution in [0.5, 0.6) is 0 Å². The van der Waals surface area contributed by atoms with Crippen molar-refractivity contribution in [2.75, 3.05) is 39.3 Å². The minimum Gasteiger partial charge on any atom is -0.335 e. The van der Waals surface area contributed by atoms with Crippen molar-refractivity contribution in [1.82, 2.24) is 24.5 Å². The Morgan fingerprint density at radius 2 is 1.47 bits per heavy atom. The summed E-state index contributed by atoms with van der Waals surface area (Å²) in [6, 6.07) is 5.84. The van der Waals surface area contributed by atoms with Gasteiger partial charge in [-0.25, -0.2) is 13.9 Å². The monoisotopic (exact) mass is 433 g/mol. The Hall–Kier alpha value is -2.61. The molecule has 2 fully saturated rings. The van der Waals surface area contributed by atoms with Crippen molar-refractivity contribution < 1.29 is 14.0 Å². The van der Waals surface area contributed by atoms with Gasteiger partial charge in [0.1, 0.15) is 11.0 Å². The molecule has 0 N–H and O–H groups in total. The Kier molecular flexibility index (Phi) is 5.94. The molecule has 0 unspecified atom stereocenters. The highest BCUT2D eigenvalue weighted by Crippen LogP contribution is 2.25. The van der Waals surface area contributed by atoms with Gasteiger partial charge in [-0.2, -0.15) is 5.10 Å². The smallest absolute Gasteiger partial charge is 0.320 e. The van der Waals surface area contributed by atoms with Crippen molar-refractivity contribution >= 4 is 23.5 Å². The molecule has 3 amide bonds. The summed E-state index contributed by atoms with van der Waals surface area (Å²) >= 11 is 6.49. The van der Waals surface area contributed by atoms with Crippen LogP contribution in [0.15, 0.2) is 24.3 Å². The molecule has 0 saturated carbocycles. The molecule has 30 heavy (non-hydrogen) atoms. The van der Waals surface area contributed by atoms with Gasteiger partial charge in [-0.1, -0.05) is 11.6 Å². The van der Waals surface area contributed by atoms with Crippen LogP contribution in [0, 0.1) is 12.7 Å². The van der Waals surface area contributed by atoms with E-state index in [2.05, 4.69) is 5.10 Å². The highest BCUT2D eigenvalue weighted by molar-refractivity contribution is 6.33. The average Bonchev–Trinajstić information content (AvgIpc) is 3.08. The van der Waals surface area contributed by atoms with Crippen LogP contribution in [-0.2, 0) is 0 Å². The Labute approximate surface area is 180 Å². The van der Waals surface area contributed by atoms with Crippen molar-refractivity contribution in [3.8, 4) is 5.69 Å². The molecule has 0 radical (unpaired) electrons. The third kappa shape index (κ3) is 4.01. The van der Waals surface area contributed by atoms with Crippen molar-refractivity contribution in [3.63, 3.8) is 0 Å². The number of carbonyl (C=O) groups is 2. The number of hydrogen-bond donors (Lipinski definition) is 0. The molecule has 0 spiro atoms. The third-order valence-corrected chi connectivity index (χ3v) is 6.10. The molecule has 9 heteroatoms. The van der Waals surface area contributed by atoms with Crippen LogP contribution in [0.3, 0.4) is 0 Å². The maximum Gasteiger partial charge on any atom is 0.320 e. The topological polar surface area (TPSA) is 61.7 Å². The number of aromatic nitrogens is 2. The van der Waals surface area contributed by atoms with Crippen LogP contribution >= 0.6 is 11.6 Å². The summed E-state index contributed by atoms with van der Waals surface area (Å²) in [6.07, 6.45) is 3.29. The molecule has 7 nitrogen and oxygen atoms in total. The number of piperidine rings is 1. The van der Waals surface area contributed by atoms with E-state index >= 15 is 0 Å². The molecule has 160 valence electrons. The second-order valence-electron chi connectivity index (χ2n) is 7.75. The van der Waals surface area contributed by atoms with Gasteiger partial charge in [-0.05, 0) is 50.5 Å². The first-order chi connectivity index (χ1) is 14.5. The Balaban J connectivity index is 1.44. The minimum absolute atomic E-state index is 0.0696. The van der Waals surface area contributed by atoms with Crippen LogP contribution < -0.4 is 0 Å². The van der Waals surface area contributed by atoms with E-state index in [1.54, 1.807) is 24.0 Å². The summed E-state index contributed by atoms with van der Waals surface area (Å²) in [4.78, 5) is 31.3. The molecular formula is C21H25ClFN5O2. The van der Waals surface area contributed by atoms with E-state index in [9.17, 15) is 14.0 Å². The number of rotatable bonds is 2. The molecule has 1 aromatic heterocycles. The largest absolute Gasteiger partial charge is 0.335 e. The molecular weight excluding hydrogens is 409 g/mol. The lowest BCUT2D eigenvalue weighted by atomic mass is 10.1. The first-order valence-corrected chi connectivity index (χ1v) is 10.7. The predicted molar refractivity (Wildman–Crippen MR) is 112 cm³/mol. The zero-order valence-electron chi connectivity index (χ0n) is 17.0. The molecule has 2 aliphatic rings. The van der Waals surface area contributed by atoms with E-state index in [-0.39, 0.29) is 22.9 Å². The lowest BCUT2D eigenvalue weighted by Gasteiger charge is -2.38. The first kappa shape index (κ1) is 20.7. The summed E-state index contributed by atoms with van der Waals surface area (Å²) in [5, 5.41) is 4.58. The normalized spacial score (nSPS) is 17.4. The van der Waals surface area contributed by atoms with E-state index < -0.39 is 0 Å². The van der Waals surface area contributed by atoms with Crippen molar-refractivity contribution in [2.45, 2.75) is 26.2 Å². The third-order valence-electron chi connectivity index (χ3n) is 5.75. The quantitative estimate of drug-likeness (QED) is 0.729. The highest BCUT2D eigenvalue weighted by Gasteiger charge is 2.31. The molecule has 0 atom stereocenters.